The molecule has 0 spiro atoms. The third kappa shape index (κ3) is 3.70. The van der Waals surface area contributed by atoms with Crippen molar-refractivity contribution in [3.05, 3.63) is 93.7 Å². The van der Waals surface area contributed by atoms with Gasteiger partial charge in [0.1, 0.15) is 5.69 Å². The molecule has 30 heavy (non-hydrogen) atoms. The number of benzene rings is 2. The first-order valence-corrected chi connectivity index (χ1v) is 9.10. The zero-order valence-corrected chi connectivity index (χ0v) is 16.0. The highest BCUT2D eigenvalue weighted by Crippen LogP contribution is 2.32. The van der Waals surface area contributed by atoms with Crippen molar-refractivity contribution in [2.75, 3.05) is 7.11 Å². The Morgan fingerprint density at radius 3 is 2.47 bits per heavy atom. The van der Waals surface area contributed by atoms with Gasteiger partial charge in [-0.05, 0) is 29.8 Å². The van der Waals surface area contributed by atoms with Crippen LogP contribution in [0.5, 0.6) is 0 Å². The van der Waals surface area contributed by atoms with Crippen molar-refractivity contribution in [2.24, 2.45) is 0 Å². The molecule has 2 heterocycles. The molecule has 0 bridgehead atoms. The number of carbonyl (C=O) groups excluding carboxylic acids is 1. The first kappa shape index (κ1) is 19.1. The Kier molecular flexibility index (Phi) is 5.13. The van der Waals surface area contributed by atoms with Gasteiger partial charge in [-0.1, -0.05) is 24.3 Å². The maximum absolute atomic E-state index is 11.7. The highest BCUT2D eigenvalue weighted by atomic mass is 16.6. The first-order valence-electron chi connectivity index (χ1n) is 9.10. The molecule has 0 aliphatic rings. The number of hydrogen-bond donors (Lipinski definition) is 1. The van der Waals surface area contributed by atoms with Crippen molar-refractivity contribution in [3.63, 3.8) is 0 Å². The Morgan fingerprint density at radius 1 is 1.13 bits per heavy atom. The van der Waals surface area contributed by atoms with Crippen LogP contribution in [0, 0.1) is 10.1 Å². The van der Waals surface area contributed by atoms with Crippen LogP contribution in [-0.2, 0) is 11.2 Å². The van der Waals surface area contributed by atoms with Crippen LogP contribution < -0.4 is 0 Å². The van der Waals surface area contributed by atoms with Gasteiger partial charge in [-0.2, -0.15) is 5.10 Å². The summed E-state index contributed by atoms with van der Waals surface area (Å²) in [7, 11) is 1.34. The molecule has 0 amide bonds. The number of esters is 1. The molecule has 2 aromatic heterocycles. The molecule has 0 atom stereocenters. The summed E-state index contributed by atoms with van der Waals surface area (Å²) in [5, 5.41) is 18.4. The Balaban J connectivity index is 1.74. The van der Waals surface area contributed by atoms with Crippen molar-refractivity contribution in [1.29, 1.82) is 0 Å². The number of ether oxygens (including phenoxy) is 1. The number of nitrogens with zero attached hydrogens (tertiary/aromatic N) is 2. The maximum atomic E-state index is 11.7. The predicted molar refractivity (Wildman–Crippen MR) is 109 cm³/mol. The average Bonchev–Trinajstić information content (AvgIpc) is 3.43. The second-order valence-electron chi connectivity index (χ2n) is 6.57. The molecule has 4 aromatic rings. The summed E-state index contributed by atoms with van der Waals surface area (Å²) in [6, 6.07) is 17.0. The number of carbonyl (C=O) groups is 1. The van der Waals surface area contributed by atoms with Crippen LogP contribution in [0.3, 0.4) is 0 Å². The van der Waals surface area contributed by atoms with E-state index in [0.717, 1.165) is 22.4 Å². The van der Waals surface area contributed by atoms with Gasteiger partial charge in [0.2, 0.25) is 0 Å². The van der Waals surface area contributed by atoms with E-state index in [1.54, 1.807) is 48.7 Å². The summed E-state index contributed by atoms with van der Waals surface area (Å²) in [6.45, 7) is 0. The van der Waals surface area contributed by atoms with E-state index < -0.39 is 10.9 Å². The molecule has 0 radical (unpaired) electrons. The maximum Gasteiger partial charge on any atom is 0.337 e. The molecule has 0 aliphatic carbocycles. The number of rotatable bonds is 6. The molecule has 0 saturated carbocycles. The van der Waals surface area contributed by atoms with Crippen LogP contribution in [-0.4, -0.2) is 28.2 Å². The fraction of sp³-hybridized carbons (Fsp3) is 0.0909. The number of aromatic amines is 1. The largest absolute Gasteiger partial charge is 0.465 e. The lowest BCUT2D eigenvalue weighted by molar-refractivity contribution is -0.384. The third-order valence-electron chi connectivity index (χ3n) is 4.74. The topological polar surface area (TPSA) is 111 Å². The minimum atomic E-state index is -0.426. The van der Waals surface area contributed by atoms with Crippen LogP contribution in [0.25, 0.3) is 22.7 Å². The van der Waals surface area contributed by atoms with Crippen molar-refractivity contribution in [2.45, 2.75) is 6.42 Å². The number of methoxy groups -OCH3 is 1. The Morgan fingerprint density at radius 2 is 1.87 bits per heavy atom. The van der Waals surface area contributed by atoms with E-state index in [4.69, 9.17) is 9.15 Å². The Labute approximate surface area is 171 Å². The summed E-state index contributed by atoms with van der Waals surface area (Å²) in [6.07, 6.45) is 2.06. The first-order chi connectivity index (χ1) is 14.6. The molecule has 0 fully saturated rings. The van der Waals surface area contributed by atoms with Crippen molar-refractivity contribution < 1.29 is 18.9 Å². The Bertz CT molecular complexity index is 1180. The molecule has 150 valence electrons. The molecule has 0 unspecified atom stereocenters. The van der Waals surface area contributed by atoms with Crippen molar-refractivity contribution in [1.82, 2.24) is 10.2 Å². The van der Waals surface area contributed by atoms with E-state index in [2.05, 4.69) is 10.2 Å². The smallest absolute Gasteiger partial charge is 0.337 e. The number of aromatic nitrogens is 2. The minimum absolute atomic E-state index is 0.0378. The summed E-state index contributed by atoms with van der Waals surface area (Å²) >= 11 is 0. The van der Waals surface area contributed by atoms with Gasteiger partial charge in [-0.15, -0.1) is 0 Å². The molecular weight excluding hydrogens is 386 g/mol. The van der Waals surface area contributed by atoms with E-state index in [9.17, 15) is 14.9 Å². The van der Waals surface area contributed by atoms with Gasteiger partial charge in [0.15, 0.2) is 5.76 Å². The number of non-ortho nitro benzene ring substituents is 1. The highest BCUT2D eigenvalue weighted by molar-refractivity contribution is 5.90. The van der Waals surface area contributed by atoms with Crippen LogP contribution in [0.4, 0.5) is 5.69 Å². The quantitative estimate of drug-likeness (QED) is 0.286. The minimum Gasteiger partial charge on any atom is -0.465 e. The Hall–Kier alpha value is -4.20. The van der Waals surface area contributed by atoms with Gasteiger partial charge in [-0.25, -0.2) is 4.79 Å². The van der Waals surface area contributed by atoms with E-state index in [1.165, 1.54) is 19.2 Å². The number of nitro groups is 1. The standard InChI is InChI=1S/C22H17N3O5/c1-29-22(26)16-8-6-15(7-9-16)20-18(21(24-23-20)19-3-2-12-30-19)13-14-4-10-17(11-5-14)25(27)28/h2-12H,13H2,1H3,(H,23,24). The zero-order valence-electron chi connectivity index (χ0n) is 16.0. The second kappa shape index (κ2) is 8.04. The van der Waals surface area contributed by atoms with Crippen LogP contribution in [0.1, 0.15) is 21.5 Å². The fourth-order valence-corrected chi connectivity index (χ4v) is 3.22. The number of H-pyrrole nitrogens is 1. The number of nitro benzene ring substituents is 1. The summed E-state index contributed by atoms with van der Waals surface area (Å²) in [5.41, 5.74) is 4.50. The van der Waals surface area contributed by atoms with Crippen molar-refractivity contribution >= 4 is 11.7 Å². The number of hydrogen-bond acceptors (Lipinski definition) is 6. The molecule has 2 aromatic carbocycles. The zero-order chi connectivity index (χ0) is 21.1. The summed E-state index contributed by atoms with van der Waals surface area (Å²) in [5.74, 6) is 0.225. The molecule has 8 heteroatoms. The summed E-state index contributed by atoms with van der Waals surface area (Å²) < 4.78 is 10.3. The van der Waals surface area contributed by atoms with Gasteiger partial charge in [0, 0.05) is 29.7 Å². The number of furan rings is 1. The van der Waals surface area contributed by atoms with Crippen LogP contribution >= 0.6 is 0 Å². The second-order valence-corrected chi connectivity index (χ2v) is 6.57. The molecule has 0 saturated heterocycles. The van der Waals surface area contributed by atoms with Gasteiger partial charge in [-0.3, -0.25) is 15.2 Å². The molecule has 0 aliphatic heterocycles. The normalized spacial score (nSPS) is 10.7. The molecule has 1 N–H and O–H groups in total. The van der Waals surface area contributed by atoms with E-state index in [-0.39, 0.29) is 5.69 Å². The highest BCUT2D eigenvalue weighted by Gasteiger charge is 2.19. The van der Waals surface area contributed by atoms with E-state index in [0.29, 0.717) is 23.4 Å². The van der Waals surface area contributed by atoms with Crippen LogP contribution in [0.2, 0.25) is 0 Å². The van der Waals surface area contributed by atoms with Crippen molar-refractivity contribution in [3.8, 4) is 22.7 Å². The predicted octanol–water partition coefficient (Wildman–Crippen LogP) is 4.62. The monoisotopic (exact) mass is 403 g/mol. The molecule has 8 nitrogen and oxygen atoms in total. The van der Waals surface area contributed by atoms with E-state index >= 15 is 0 Å². The lowest BCUT2D eigenvalue weighted by Gasteiger charge is -2.07. The lowest BCUT2D eigenvalue weighted by Crippen LogP contribution is -2.00. The number of nitrogens with one attached hydrogen (secondary N) is 1. The van der Waals surface area contributed by atoms with Gasteiger partial charge in [0.05, 0.1) is 29.6 Å². The lowest BCUT2D eigenvalue weighted by atomic mass is 9.97. The SMILES string of the molecule is COC(=O)c1ccc(-c2n[nH]c(-c3ccco3)c2Cc2ccc([N+](=O)[O-])cc2)cc1. The van der Waals surface area contributed by atoms with Gasteiger partial charge >= 0.3 is 5.97 Å². The van der Waals surface area contributed by atoms with Gasteiger partial charge < -0.3 is 9.15 Å². The average molecular weight is 403 g/mol. The van der Waals surface area contributed by atoms with E-state index in [1.807, 2.05) is 6.07 Å². The third-order valence-corrected chi connectivity index (χ3v) is 4.74. The van der Waals surface area contributed by atoms with Gasteiger partial charge in [0.25, 0.3) is 5.69 Å². The molecular formula is C22H17N3O5. The van der Waals surface area contributed by atoms with Crippen LogP contribution in [0.15, 0.2) is 71.3 Å². The summed E-state index contributed by atoms with van der Waals surface area (Å²) in [4.78, 5) is 22.2. The molecule has 4 rings (SSSR count). The fourth-order valence-electron chi connectivity index (χ4n) is 3.22.